The van der Waals surface area contributed by atoms with Crippen LogP contribution in [0.3, 0.4) is 0 Å². The highest BCUT2D eigenvalue weighted by Crippen LogP contribution is 2.34. The van der Waals surface area contributed by atoms with E-state index in [4.69, 9.17) is 0 Å². The molecule has 0 spiro atoms. The third kappa shape index (κ3) is 2.87. The minimum Gasteiger partial charge on any atom is -0.317 e. The Morgan fingerprint density at radius 2 is 1.68 bits per heavy atom. The number of hydrogen-bond donors (Lipinski definition) is 1. The van der Waals surface area contributed by atoms with Gasteiger partial charge in [-0.15, -0.1) is 0 Å². The number of fused-ring (bicyclic) bond motifs is 1. The maximum absolute atomic E-state index is 13.2. The van der Waals surface area contributed by atoms with Gasteiger partial charge >= 0.3 is 0 Å². The van der Waals surface area contributed by atoms with E-state index >= 15 is 0 Å². The topological polar surface area (TPSA) is 51.1 Å². The summed E-state index contributed by atoms with van der Waals surface area (Å²) in [5, 5.41) is 4.42. The van der Waals surface area contributed by atoms with Crippen molar-refractivity contribution < 1.29 is 8.42 Å². The molecule has 1 N–H and O–H groups in total. The van der Waals surface area contributed by atoms with Crippen molar-refractivity contribution in [1.82, 2.24) is 9.29 Å². The Labute approximate surface area is 148 Å². The number of nitrogens with zero attached hydrogens (tertiary/aromatic N) is 1. The predicted octanol–water partition coefficient (Wildman–Crippen LogP) is 3.65. The summed E-state index contributed by atoms with van der Waals surface area (Å²) in [6, 6.07) is 14.9. The van der Waals surface area contributed by atoms with E-state index in [0.717, 1.165) is 48.0 Å². The van der Waals surface area contributed by atoms with Crippen molar-refractivity contribution in [2.45, 2.75) is 30.6 Å². The minimum atomic E-state index is -3.60. The second-order valence-electron chi connectivity index (χ2n) is 6.74. The maximum Gasteiger partial charge on any atom is 0.268 e. The van der Waals surface area contributed by atoms with Gasteiger partial charge in [0.05, 0.1) is 10.4 Å². The van der Waals surface area contributed by atoms with Crippen molar-refractivity contribution in [2.24, 2.45) is 0 Å². The zero-order chi connectivity index (χ0) is 17.4. The molecule has 3 aromatic rings. The lowest BCUT2D eigenvalue weighted by molar-refractivity contribution is 0.462. The highest BCUT2D eigenvalue weighted by molar-refractivity contribution is 7.90. The lowest BCUT2D eigenvalue weighted by Crippen LogP contribution is -2.26. The summed E-state index contributed by atoms with van der Waals surface area (Å²) < 4.78 is 27.9. The standard InChI is InChI=1S/C20H22N2O2S/c1-15-6-8-17(9-7-15)25(23,24)22-14-19(16-10-12-21-13-11-16)18-4-2-3-5-20(18)22/h2-9,14,16,21H,10-13H2,1H3. The number of aryl methyl sites for hydroxylation is 1. The second kappa shape index (κ2) is 6.32. The molecule has 2 heterocycles. The molecule has 1 fully saturated rings. The molecule has 4 rings (SSSR count). The van der Waals surface area contributed by atoms with Gasteiger partial charge in [0, 0.05) is 11.6 Å². The van der Waals surface area contributed by atoms with Crippen molar-refractivity contribution >= 4 is 20.9 Å². The molecule has 0 bridgehead atoms. The Morgan fingerprint density at radius 1 is 1.00 bits per heavy atom. The Balaban J connectivity index is 1.88. The molecule has 1 saturated heterocycles. The average Bonchev–Trinajstić information content (AvgIpc) is 3.03. The smallest absolute Gasteiger partial charge is 0.268 e. The molecular formula is C20H22N2O2S. The van der Waals surface area contributed by atoms with Crippen LogP contribution in [0.5, 0.6) is 0 Å². The van der Waals surface area contributed by atoms with Gasteiger partial charge < -0.3 is 5.32 Å². The summed E-state index contributed by atoms with van der Waals surface area (Å²) in [5.74, 6) is 0.403. The van der Waals surface area contributed by atoms with Crippen molar-refractivity contribution in [3.8, 4) is 0 Å². The number of aromatic nitrogens is 1. The number of benzene rings is 2. The number of hydrogen-bond acceptors (Lipinski definition) is 3. The molecule has 0 unspecified atom stereocenters. The molecule has 0 atom stereocenters. The number of rotatable bonds is 3. The van der Waals surface area contributed by atoms with Crippen LogP contribution >= 0.6 is 0 Å². The summed E-state index contributed by atoms with van der Waals surface area (Å²) in [6.07, 6.45) is 3.92. The van der Waals surface area contributed by atoms with E-state index < -0.39 is 10.0 Å². The van der Waals surface area contributed by atoms with Gasteiger partial charge in [0.1, 0.15) is 0 Å². The van der Waals surface area contributed by atoms with E-state index in [1.807, 2.05) is 49.5 Å². The highest BCUT2D eigenvalue weighted by Gasteiger charge is 2.25. The second-order valence-corrected chi connectivity index (χ2v) is 8.55. The zero-order valence-electron chi connectivity index (χ0n) is 14.3. The van der Waals surface area contributed by atoms with E-state index in [1.165, 1.54) is 3.97 Å². The molecule has 1 aliphatic rings. The summed E-state index contributed by atoms with van der Waals surface area (Å²) in [5.41, 5.74) is 2.95. The number of para-hydroxylation sites is 1. The lowest BCUT2D eigenvalue weighted by Gasteiger charge is -2.22. The quantitative estimate of drug-likeness (QED) is 0.781. The molecule has 130 valence electrons. The van der Waals surface area contributed by atoms with Crippen molar-refractivity contribution in [3.63, 3.8) is 0 Å². The molecule has 0 aliphatic carbocycles. The molecule has 0 amide bonds. The first-order valence-corrected chi connectivity index (χ1v) is 10.1. The first-order chi connectivity index (χ1) is 12.1. The molecule has 0 saturated carbocycles. The van der Waals surface area contributed by atoms with Crippen molar-refractivity contribution in [1.29, 1.82) is 0 Å². The normalized spacial score (nSPS) is 16.4. The monoisotopic (exact) mass is 354 g/mol. The first kappa shape index (κ1) is 16.4. The van der Waals surface area contributed by atoms with Gasteiger partial charge in [-0.25, -0.2) is 12.4 Å². The third-order valence-electron chi connectivity index (χ3n) is 5.07. The molecule has 1 aliphatic heterocycles. The summed E-state index contributed by atoms with van der Waals surface area (Å²) in [4.78, 5) is 0.329. The summed E-state index contributed by atoms with van der Waals surface area (Å²) >= 11 is 0. The van der Waals surface area contributed by atoms with E-state index in [2.05, 4.69) is 5.32 Å². The number of nitrogens with one attached hydrogen (secondary N) is 1. The summed E-state index contributed by atoms with van der Waals surface area (Å²) in [6.45, 7) is 3.92. The zero-order valence-corrected chi connectivity index (χ0v) is 15.1. The SMILES string of the molecule is Cc1ccc(S(=O)(=O)n2cc(C3CCNCC3)c3ccccc32)cc1. The first-order valence-electron chi connectivity index (χ1n) is 8.70. The maximum atomic E-state index is 13.2. The highest BCUT2D eigenvalue weighted by atomic mass is 32.2. The van der Waals surface area contributed by atoms with Gasteiger partial charge in [-0.2, -0.15) is 0 Å². The van der Waals surface area contributed by atoms with E-state index in [9.17, 15) is 8.42 Å². The van der Waals surface area contributed by atoms with E-state index in [-0.39, 0.29) is 0 Å². The van der Waals surface area contributed by atoms with Gasteiger partial charge in [-0.05, 0) is 62.5 Å². The van der Waals surface area contributed by atoms with Crippen LogP contribution < -0.4 is 5.32 Å². The molecule has 4 nitrogen and oxygen atoms in total. The van der Waals surface area contributed by atoms with Gasteiger partial charge in [0.25, 0.3) is 10.0 Å². The van der Waals surface area contributed by atoms with Crippen LogP contribution in [0.15, 0.2) is 59.6 Å². The van der Waals surface area contributed by atoms with Crippen LogP contribution in [0.2, 0.25) is 0 Å². The average molecular weight is 354 g/mol. The fraction of sp³-hybridized carbons (Fsp3) is 0.300. The molecule has 2 aromatic carbocycles. The lowest BCUT2D eigenvalue weighted by atomic mass is 9.90. The molecular weight excluding hydrogens is 332 g/mol. The fourth-order valence-electron chi connectivity index (χ4n) is 3.66. The molecule has 1 aromatic heterocycles. The largest absolute Gasteiger partial charge is 0.317 e. The molecule has 0 radical (unpaired) electrons. The van der Waals surface area contributed by atoms with Crippen LogP contribution in [-0.4, -0.2) is 25.5 Å². The van der Waals surface area contributed by atoms with E-state index in [0.29, 0.717) is 10.8 Å². The summed E-state index contributed by atoms with van der Waals surface area (Å²) in [7, 11) is -3.60. The molecule has 5 heteroatoms. The predicted molar refractivity (Wildman–Crippen MR) is 101 cm³/mol. The Morgan fingerprint density at radius 3 is 2.40 bits per heavy atom. The van der Waals surface area contributed by atoms with E-state index in [1.54, 1.807) is 12.1 Å². The van der Waals surface area contributed by atoms with Gasteiger partial charge in [-0.3, -0.25) is 0 Å². The van der Waals surface area contributed by atoms with Gasteiger partial charge in [0.15, 0.2) is 0 Å². The third-order valence-corrected chi connectivity index (χ3v) is 6.75. The van der Waals surface area contributed by atoms with Crippen molar-refractivity contribution in [3.05, 3.63) is 65.9 Å². The van der Waals surface area contributed by atoms with Crippen LogP contribution in [0, 0.1) is 6.92 Å². The Bertz CT molecular complexity index is 998. The van der Waals surface area contributed by atoms with Crippen molar-refractivity contribution in [2.75, 3.05) is 13.1 Å². The van der Waals surface area contributed by atoms with Gasteiger partial charge in [0.2, 0.25) is 0 Å². The van der Waals surface area contributed by atoms with Gasteiger partial charge in [-0.1, -0.05) is 35.9 Å². The Kier molecular flexibility index (Phi) is 4.13. The Hall–Kier alpha value is -2.11. The fourth-order valence-corrected chi connectivity index (χ4v) is 5.03. The van der Waals surface area contributed by atoms with Crippen LogP contribution in [0.4, 0.5) is 0 Å². The van der Waals surface area contributed by atoms with Crippen LogP contribution in [0.25, 0.3) is 10.9 Å². The van der Waals surface area contributed by atoms with Crippen LogP contribution in [-0.2, 0) is 10.0 Å². The molecule has 25 heavy (non-hydrogen) atoms. The number of piperidine rings is 1. The van der Waals surface area contributed by atoms with Crippen LogP contribution in [0.1, 0.15) is 29.9 Å². The minimum absolute atomic E-state index is 0.329.